The molecule has 19 heavy (non-hydrogen) atoms. The number of carboxylic acids is 1. The lowest BCUT2D eigenvalue weighted by atomic mass is 9.80. The van der Waals surface area contributed by atoms with Gasteiger partial charge in [0.05, 0.1) is 0 Å². The van der Waals surface area contributed by atoms with E-state index in [-0.39, 0.29) is 5.91 Å². The summed E-state index contributed by atoms with van der Waals surface area (Å²) in [5.74, 6) is -2.52. The van der Waals surface area contributed by atoms with Crippen molar-refractivity contribution in [3.63, 3.8) is 0 Å². The Kier molecular flexibility index (Phi) is 4.64. The van der Waals surface area contributed by atoms with Crippen LogP contribution in [0.3, 0.4) is 0 Å². The van der Waals surface area contributed by atoms with Gasteiger partial charge in [0, 0.05) is 26.0 Å². The number of aromatic nitrogens is 1. The molecule has 0 radical (unpaired) electrons. The maximum Gasteiger partial charge on any atom is 0.316 e. The molecule has 1 rings (SSSR count). The second-order valence-corrected chi connectivity index (χ2v) is 5.69. The highest BCUT2D eigenvalue weighted by atomic mass is 16.4. The third-order valence-electron chi connectivity index (χ3n) is 2.88. The number of carbonyl (C=O) groups excluding carboxylic acids is 1. The number of aliphatic carboxylic acids is 1. The standard InChI is InChI=1S/C14H20N2O3/c1-14(2,3)11(13(18)19)12(17)16(4)9-10-6-5-7-15-8-10/h5-8,11H,9H2,1-4H3,(H,18,19). The van der Waals surface area contributed by atoms with E-state index in [0.717, 1.165) is 5.56 Å². The molecule has 0 fully saturated rings. The number of carboxylic acid groups (broad SMARTS) is 1. The Hall–Kier alpha value is -1.91. The quantitative estimate of drug-likeness (QED) is 0.842. The zero-order valence-corrected chi connectivity index (χ0v) is 11.8. The van der Waals surface area contributed by atoms with Crippen LogP contribution in [0.4, 0.5) is 0 Å². The second kappa shape index (κ2) is 5.82. The van der Waals surface area contributed by atoms with Crippen molar-refractivity contribution in [1.29, 1.82) is 0 Å². The van der Waals surface area contributed by atoms with E-state index in [9.17, 15) is 14.7 Å². The third kappa shape index (κ3) is 4.05. The molecule has 1 N–H and O–H groups in total. The largest absolute Gasteiger partial charge is 0.481 e. The van der Waals surface area contributed by atoms with Crippen LogP contribution in [-0.4, -0.2) is 33.9 Å². The Balaban J connectivity index is 2.83. The van der Waals surface area contributed by atoms with Gasteiger partial charge in [0.2, 0.25) is 5.91 Å². The van der Waals surface area contributed by atoms with Crippen LogP contribution >= 0.6 is 0 Å². The summed E-state index contributed by atoms with van der Waals surface area (Å²) in [6, 6.07) is 3.63. The molecule has 1 aromatic rings. The van der Waals surface area contributed by atoms with Gasteiger partial charge >= 0.3 is 5.97 Å². The number of nitrogens with zero attached hydrogens (tertiary/aromatic N) is 2. The Morgan fingerprint density at radius 1 is 1.42 bits per heavy atom. The van der Waals surface area contributed by atoms with E-state index >= 15 is 0 Å². The summed E-state index contributed by atoms with van der Waals surface area (Å²) in [4.78, 5) is 28.9. The number of amides is 1. The van der Waals surface area contributed by atoms with Crippen LogP contribution in [-0.2, 0) is 16.1 Å². The fourth-order valence-electron chi connectivity index (χ4n) is 1.91. The summed E-state index contributed by atoms with van der Waals surface area (Å²) in [5.41, 5.74) is 0.253. The molecule has 1 unspecified atom stereocenters. The van der Waals surface area contributed by atoms with Crippen molar-refractivity contribution in [3.05, 3.63) is 30.1 Å². The number of hydrogen-bond acceptors (Lipinski definition) is 3. The van der Waals surface area contributed by atoms with Crippen LogP contribution in [0.2, 0.25) is 0 Å². The topological polar surface area (TPSA) is 70.5 Å². The summed E-state index contributed by atoms with van der Waals surface area (Å²) >= 11 is 0. The zero-order chi connectivity index (χ0) is 14.6. The van der Waals surface area contributed by atoms with Crippen molar-refractivity contribution in [1.82, 2.24) is 9.88 Å². The van der Waals surface area contributed by atoms with E-state index in [0.29, 0.717) is 6.54 Å². The molecule has 5 nitrogen and oxygen atoms in total. The van der Waals surface area contributed by atoms with Crippen LogP contribution in [0.25, 0.3) is 0 Å². The van der Waals surface area contributed by atoms with Crippen LogP contribution in [0, 0.1) is 11.3 Å². The van der Waals surface area contributed by atoms with Gasteiger partial charge in [-0.1, -0.05) is 26.8 Å². The van der Waals surface area contributed by atoms with Crippen molar-refractivity contribution in [2.75, 3.05) is 7.05 Å². The van der Waals surface area contributed by atoms with Gasteiger partial charge in [0.1, 0.15) is 5.92 Å². The van der Waals surface area contributed by atoms with Gasteiger partial charge in [0.15, 0.2) is 0 Å². The SMILES string of the molecule is CN(Cc1cccnc1)C(=O)C(C(=O)O)C(C)(C)C. The summed E-state index contributed by atoms with van der Waals surface area (Å²) in [5, 5.41) is 9.23. The molecule has 0 spiro atoms. The van der Waals surface area contributed by atoms with Crippen molar-refractivity contribution < 1.29 is 14.7 Å². The lowest BCUT2D eigenvalue weighted by molar-refractivity contribution is -0.155. The Morgan fingerprint density at radius 3 is 2.47 bits per heavy atom. The number of pyridine rings is 1. The molecule has 0 saturated heterocycles. The van der Waals surface area contributed by atoms with Crippen molar-refractivity contribution in [3.8, 4) is 0 Å². The zero-order valence-electron chi connectivity index (χ0n) is 11.8. The Morgan fingerprint density at radius 2 is 2.05 bits per heavy atom. The highest BCUT2D eigenvalue weighted by Crippen LogP contribution is 2.28. The van der Waals surface area contributed by atoms with Crippen molar-refractivity contribution >= 4 is 11.9 Å². The lowest BCUT2D eigenvalue weighted by Crippen LogP contribution is -2.43. The fraction of sp³-hybridized carbons (Fsp3) is 0.500. The van der Waals surface area contributed by atoms with Gasteiger partial charge in [-0.2, -0.15) is 0 Å². The highest BCUT2D eigenvalue weighted by molar-refractivity contribution is 5.97. The maximum absolute atomic E-state index is 12.3. The summed E-state index contributed by atoms with van der Waals surface area (Å²) in [6.45, 7) is 5.61. The Bertz CT molecular complexity index is 452. The summed E-state index contributed by atoms with van der Waals surface area (Å²) in [6.07, 6.45) is 3.32. The minimum Gasteiger partial charge on any atom is -0.481 e. The molecule has 0 bridgehead atoms. The molecular formula is C14H20N2O3. The second-order valence-electron chi connectivity index (χ2n) is 5.69. The van der Waals surface area contributed by atoms with E-state index in [4.69, 9.17) is 0 Å². The first-order valence-corrected chi connectivity index (χ1v) is 6.10. The van der Waals surface area contributed by atoms with E-state index in [1.54, 1.807) is 46.3 Å². The molecule has 1 atom stereocenters. The molecule has 1 amide bonds. The maximum atomic E-state index is 12.3. The minimum absolute atomic E-state index is 0.354. The smallest absolute Gasteiger partial charge is 0.316 e. The molecular weight excluding hydrogens is 244 g/mol. The van der Waals surface area contributed by atoms with Gasteiger partial charge in [-0.05, 0) is 17.0 Å². The molecule has 0 saturated carbocycles. The minimum atomic E-state index is -1.09. The number of rotatable bonds is 4. The average molecular weight is 264 g/mol. The van der Waals surface area contributed by atoms with Crippen molar-refractivity contribution in [2.45, 2.75) is 27.3 Å². The van der Waals surface area contributed by atoms with Crippen molar-refractivity contribution in [2.24, 2.45) is 11.3 Å². The number of carbonyl (C=O) groups is 2. The summed E-state index contributed by atoms with van der Waals surface area (Å²) in [7, 11) is 1.61. The van der Waals surface area contributed by atoms with E-state index in [1.165, 1.54) is 4.90 Å². The molecule has 0 aromatic carbocycles. The molecule has 0 aliphatic rings. The van der Waals surface area contributed by atoms with Gasteiger partial charge < -0.3 is 10.0 Å². The number of hydrogen-bond donors (Lipinski definition) is 1. The van der Waals surface area contributed by atoms with E-state index < -0.39 is 17.3 Å². The van der Waals surface area contributed by atoms with Gasteiger partial charge in [-0.25, -0.2) is 0 Å². The van der Waals surface area contributed by atoms with Crippen LogP contribution in [0.1, 0.15) is 26.3 Å². The van der Waals surface area contributed by atoms with Crippen LogP contribution in [0.15, 0.2) is 24.5 Å². The molecule has 104 valence electrons. The first kappa shape index (κ1) is 15.1. The van der Waals surface area contributed by atoms with Crippen LogP contribution < -0.4 is 0 Å². The van der Waals surface area contributed by atoms with Gasteiger partial charge in [0.25, 0.3) is 0 Å². The van der Waals surface area contributed by atoms with Gasteiger partial charge in [-0.3, -0.25) is 14.6 Å². The van der Waals surface area contributed by atoms with Crippen LogP contribution in [0.5, 0.6) is 0 Å². The molecule has 1 aromatic heterocycles. The normalized spacial score (nSPS) is 12.8. The average Bonchev–Trinajstić information content (AvgIpc) is 2.27. The summed E-state index contributed by atoms with van der Waals surface area (Å²) < 4.78 is 0. The molecule has 0 aliphatic carbocycles. The first-order valence-electron chi connectivity index (χ1n) is 6.10. The first-order chi connectivity index (χ1) is 8.73. The monoisotopic (exact) mass is 264 g/mol. The van der Waals surface area contributed by atoms with Gasteiger partial charge in [-0.15, -0.1) is 0 Å². The predicted molar refractivity (Wildman–Crippen MR) is 71.3 cm³/mol. The lowest BCUT2D eigenvalue weighted by Gasteiger charge is -2.29. The fourth-order valence-corrected chi connectivity index (χ4v) is 1.91. The molecule has 1 heterocycles. The van der Waals surface area contributed by atoms with E-state index in [1.807, 2.05) is 6.07 Å². The predicted octanol–water partition coefficient (Wildman–Crippen LogP) is 1.79. The Labute approximate surface area is 113 Å². The third-order valence-corrected chi connectivity index (χ3v) is 2.88. The van der Waals surface area contributed by atoms with E-state index in [2.05, 4.69) is 4.98 Å². The molecule has 0 aliphatic heterocycles. The molecule has 5 heteroatoms. The highest BCUT2D eigenvalue weighted by Gasteiger charge is 2.39.